The fourth-order valence-corrected chi connectivity index (χ4v) is 1.29. The van der Waals surface area contributed by atoms with Crippen molar-refractivity contribution >= 4 is 5.97 Å². The van der Waals surface area contributed by atoms with Crippen molar-refractivity contribution in [2.24, 2.45) is 0 Å². The van der Waals surface area contributed by atoms with Crippen LogP contribution >= 0.6 is 0 Å². The van der Waals surface area contributed by atoms with E-state index in [1.807, 2.05) is 0 Å². The van der Waals surface area contributed by atoms with Crippen molar-refractivity contribution in [3.8, 4) is 0 Å². The zero-order chi connectivity index (χ0) is 10.7. The van der Waals surface area contributed by atoms with Crippen LogP contribution in [-0.2, 0) is 19.0 Å². The zero-order valence-corrected chi connectivity index (χ0v) is 8.04. The molecular formula is C8H14O6. The minimum Gasteiger partial charge on any atom is -0.457 e. The Labute approximate surface area is 81.4 Å². The largest absolute Gasteiger partial charge is 0.457 e. The molecule has 14 heavy (non-hydrogen) atoms. The molecule has 1 fully saturated rings. The van der Waals surface area contributed by atoms with E-state index in [0.29, 0.717) is 0 Å². The Morgan fingerprint density at radius 2 is 2.07 bits per heavy atom. The number of hydrogen-bond acceptors (Lipinski definition) is 6. The molecule has 82 valence electrons. The predicted molar refractivity (Wildman–Crippen MR) is 44.3 cm³/mol. The second-order valence-electron chi connectivity index (χ2n) is 3.07. The monoisotopic (exact) mass is 206 g/mol. The van der Waals surface area contributed by atoms with E-state index in [1.54, 1.807) is 0 Å². The molecule has 0 amide bonds. The van der Waals surface area contributed by atoms with Gasteiger partial charge >= 0.3 is 5.97 Å². The van der Waals surface area contributed by atoms with Gasteiger partial charge in [0.2, 0.25) is 0 Å². The molecule has 1 saturated heterocycles. The van der Waals surface area contributed by atoms with Gasteiger partial charge in [0, 0.05) is 14.0 Å². The molecule has 0 spiro atoms. The third kappa shape index (κ3) is 2.42. The van der Waals surface area contributed by atoms with Gasteiger partial charge in [-0.15, -0.1) is 0 Å². The third-order valence-corrected chi connectivity index (χ3v) is 1.98. The second-order valence-corrected chi connectivity index (χ2v) is 3.07. The van der Waals surface area contributed by atoms with E-state index in [0.717, 1.165) is 0 Å². The molecular weight excluding hydrogens is 192 g/mol. The lowest BCUT2D eigenvalue weighted by atomic mass is 10.1. The van der Waals surface area contributed by atoms with Gasteiger partial charge in [0.25, 0.3) is 0 Å². The van der Waals surface area contributed by atoms with Gasteiger partial charge in [-0.25, -0.2) is 0 Å². The smallest absolute Gasteiger partial charge is 0.303 e. The molecule has 0 aromatic carbocycles. The lowest BCUT2D eigenvalue weighted by Gasteiger charge is -2.35. The van der Waals surface area contributed by atoms with Gasteiger partial charge in [0.15, 0.2) is 12.4 Å². The number of ether oxygens (including phenoxy) is 3. The van der Waals surface area contributed by atoms with Crippen LogP contribution in [0.4, 0.5) is 0 Å². The summed E-state index contributed by atoms with van der Waals surface area (Å²) in [6.45, 7) is 1.23. The van der Waals surface area contributed by atoms with Gasteiger partial charge < -0.3 is 24.4 Å². The summed E-state index contributed by atoms with van der Waals surface area (Å²) < 4.78 is 14.5. The highest BCUT2D eigenvalue weighted by Crippen LogP contribution is 2.18. The maximum absolute atomic E-state index is 10.6. The first kappa shape index (κ1) is 11.4. The highest BCUT2D eigenvalue weighted by Gasteiger charge is 2.40. The molecule has 0 saturated carbocycles. The fourth-order valence-electron chi connectivity index (χ4n) is 1.29. The Morgan fingerprint density at radius 1 is 1.43 bits per heavy atom. The van der Waals surface area contributed by atoms with Gasteiger partial charge in [-0.3, -0.25) is 4.79 Å². The fraction of sp³-hybridized carbons (Fsp3) is 0.875. The number of esters is 1. The van der Waals surface area contributed by atoms with E-state index in [-0.39, 0.29) is 6.61 Å². The first-order chi connectivity index (χ1) is 6.56. The summed E-state index contributed by atoms with van der Waals surface area (Å²) >= 11 is 0. The minimum absolute atomic E-state index is 0.0102. The molecule has 4 atom stereocenters. The molecule has 1 rings (SSSR count). The average Bonchev–Trinajstić information content (AvgIpc) is 2.13. The van der Waals surface area contributed by atoms with Gasteiger partial charge in [-0.1, -0.05) is 0 Å². The Kier molecular flexibility index (Phi) is 3.82. The van der Waals surface area contributed by atoms with Gasteiger partial charge in [0.1, 0.15) is 12.2 Å². The van der Waals surface area contributed by atoms with Gasteiger partial charge in [0.05, 0.1) is 6.61 Å². The van der Waals surface area contributed by atoms with Crippen LogP contribution in [0.2, 0.25) is 0 Å². The molecule has 1 aliphatic rings. The van der Waals surface area contributed by atoms with Crippen LogP contribution in [0.5, 0.6) is 0 Å². The molecule has 0 aromatic rings. The van der Waals surface area contributed by atoms with Crippen molar-refractivity contribution in [2.45, 2.75) is 31.5 Å². The molecule has 0 aromatic heterocycles. The van der Waals surface area contributed by atoms with Crippen molar-refractivity contribution in [1.29, 1.82) is 0 Å². The van der Waals surface area contributed by atoms with Crippen LogP contribution in [0.15, 0.2) is 0 Å². The first-order valence-corrected chi connectivity index (χ1v) is 4.24. The highest BCUT2D eigenvalue weighted by molar-refractivity contribution is 5.66. The SMILES string of the molecule is CO[C@@H]1OC[C@@H](OC(C)=O)[C@@H](O)[C@H]1O. The summed E-state index contributed by atoms with van der Waals surface area (Å²) in [7, 11) is 1.35. The van der Waals surface area contributed by atoms with Crippen molar-refractivity contribution in [3.63, 3.8) is 0 Å². The Balaban J connectivity index is 2.54. The third-order valence-electron chi connectivity index (χ3n) is 1.98. The summed E-state index contributed by atoms with van der Waals surface area (Å²) in [4.78, 5) is 10.6. The number of methoxy groups -OCH3 is 1. The van der Waals surface area contributed by atoms with Crippen molar-refractivity contribution in [3.05, 3.63) is 0 Å². The van der Waals surface area contributed by atoms with Gasteiger partial charge in [-0.2, -0.15) is 0 Å². The maximum atomic E-state index is 10.6. The summed E-state index contributed by atoms with van der Waals surface area (Å²) in [5.41, 5.74) is 0. The topological polar surface area (TPSA) is 85.2 Å². The predicted octanol–water partition coefficient (Wildman–Crippen LogP) is -1.36. The van der Waals surface area contributed by atoms with E-state index in [9.17, 15) is 15.0 Å². The molecule has 6 heteroatoms. The van der Waals surface area contributed by atoms with Crippen LogP contribution in [0.1, 0.15) is 6.92 Å². The van der Waals surface area contributed by atoms with Crippen molar-refractivity contribution < 1.29 is 29.2 Å². The summed E-state index contributed by atoms with van der Waals surface area (Å²) in [5.74, 6) is -0.527. The van der Waals surface area contributed by atoms with E-state index in [1.165, 1.54) is 14.0 Å². The van der Waals surface area contributed by atoms with Crippen molar-refractivity contribution in [2.75, 3.05) is 13.7 Å². The zero-order valence-electron chi connectivity index (χ0n) is 8.04. The van der Waals surface area contributed by atoms with Crippen LogP contribution < -0.4 is 0 Å². The average molecular weight is 206 g/mol. The molecule has 0 aliphatic carbocycles. The molecule has 1 aliphatic heterocycles. The van der Waals surface area contributed by atoms with E-state index >= 15 is 0 Å². The number of aliphatic hydroxyl groups is 2. The van der Waals surface area contributed by atoms with E-state index in [4.69, 9.17) is 14.2 Å². The van der Waals surface area contributed by atoms with E-state index < -0.39 is 30.6 Å². The minimum atomic E-state index is -1.21. The van der Waals surface area contributed by atoms with Crippen LogP contribution in [0, 0.1) is 0 Å². The van der Waals surface area contributed by atoms with E-state index in [2.05, 4.69) is 0 Å². The highest BCUT2D eigenvalue weighted by atomic mass is 16.7. The summed E-state index contributed by atoms with van der Waals surface area (Å²) in [6.07, 6.45) is -4.11. The molecule has 1 heterocycles. The first-order valence-electron chi connectivity index (χ1n) is 4.24. The maximum Gasteiger partial charge on any atom is 0.303 e. The quantitative estimate of drug-likeness (QED) is 0.543. The van der Waals surface area contributed by atoms with Crippen LogP contribution in [0.3, 0.4) is 0 Å². The lowest BCUT2D eigenvalue weighted by Crippen LogP contribution is -2.54. The molecule has 0 bridgehead atoms. The molecule has 6 nitrogen and oxygen atoms in total. The number of hydrogen-bond donors (Lipinski definition) is 2. The Hall–Kier alpha value is -0.690. The van der Waals surface area contributed by atoms with Crippen molar-refractivity contribution in [1.82, 2.24) is 0 Å². The van der Waals surface area contributed by atoms with Crippen LogP contribution in [0.25, 0.3) is 0 Å². The van der Waals surface area contributed by atoms with Crippen LogP contribution in [-0.4, -0.2) is 54.5 Å². The summed E-state index contributed by atoms with van der Waals surface area (Å²) in [5, 5.41) is 18.9. The number of aliphatic hydroxyl groups excluding tert-OH is 2. The lowest BCUT2D eigenvalue weighted by molar-refractivity contribution is -0.265. The second kappa shape index (κ2) is 4.70. The molecule has 0 radical (unpaired) electrons. The van der Waals surface area contributed by atoms with Gasteiger partial charge in [-0.05, 0) is 0 Å². The standard InChI is InChI=1S/C8H14O6/c1-4(9)14-5-3-13-8(12-2)7(11)6(5)10/h5-8,10-11H,3H2,1-2H3/t5-,6-,7-,8-/m1/s1. The normalized spacial score (nSPS) is 38.0. The number of rotatable bonds is 2. The molecule has 0 unspecified atom stereocenters. The Morgan fingerprint density at radius 3 is 2.57 bits per heavy atom. The molecule has 2 N–H and O–H groups in total. The number of carbonyl (C=O) groups excluding carboxylic acids is 1. The Bertz CT molecular complexity index is 206. The number of carbonyl (C=O) groups is 1. The summed E-state index contributed by atoms with van der Waals surface area (Å²) in [6, 6.07) is 0.